The average molecular weight is 783 g/mol. The van der Waals surface area contributed by atoms with Crippen molar-refractivity contribution in [1.29, 1.82) is 0 Å². The highest BCUT2D eigenvalue weighted by Gasteiger charge is 2.36. The Balaban J connectivity index is 1.21. The van der Waals surface area contributed by atoms with Crippen LogP contribution in [-0.2, 0) is 4.57 Å². The zero-order valence-corrected chi connectivity index (χ0v) is 33.0. The Labute approximate surface area is 345 Å². The van der Waals surface area contributed by atoms with Gasteiger partial charge in [-0.15, -0.1) is 0 Å². The fourth-order valence-corrected chi connectivity index (χ4v) is 8.52. The van der Waals surface area contributed by atoms with Gasteiger partial charge >= 0.3 is 7.82 Å². The second-order valence-corrected chi connectivity index (χ2v) is 15.5. The molecule has 0 fully saturated rings. The molecule has 5 heteroatoms. The largest absolute Gasteiger partial charge is 0.647 e. The van der Waals surface area contributed by atoms with Crippen molar-refractivity contribution in [3.05, 3.63) is 237 Å². The van der Waals surface area contributed by atoms with E-state index >= 15 is 4.57 Å². The van der Waals surface area contributed by atoms with Crippen LogP contribution in [0.3, 0.4) is 0 Å². The second-order valence-electron chi connectivity index (χ2n) is 14.1. The first kappa shape index (κ1) is 37.2. The Bertz CT molecular complexity index is 2530. The van der Waals surface area contributed by atoms with Crippen LogP contribution in [0.25, 0.3) is 66.8 Å². The van der Waals surface area contributed by atoms with Gasteiger partial charge in [0, 0.05) is 16.7 Å². The van der Waals surface area contributed by atoms with Crippen LogP contribution in [-0.4, -0.2) is 0 Å². The third-order valence-electron chi connectivity index (χ3n) is 10.1. The summed E-state index contributed by atoms with van der Waals surface area (Å²) >= 11 is 0. The highest BCUT2D eigenvalue weighted by atomic mass is 31.2. The summed E-state index contributed by atoms with van der Waals surface area (Å²) < 4.78 is 36.0. The van der Waals surface area contributed by atoms with E-state index in [9.17, 15) is 0 Å². The van der Waals surface area contributed by atoms with Crippen molar-refractivity contribution in [3.8, 4) is 84.0 Å². The van der Waals surface area contributed by atoms with Gasteiger partial charge in [-0.2, -0.15) is 4.57 Å². The molecule has 0 heterocycles. The van der Waals surface area contributed by atoms with Crippen molar-refractivity contribution in [1.82, 2.24) is 0 Å². The third kappa shape index (κ3) is 8.50. The summed E-state index contributed by atoms with van der Waals surface area (Å²) in [6.45, 7) is 0. The molecule has 0 unspecified atom stereocenters. The molecule has 0 aliphatic rings. The molecule has 0 aliphatic heterocycles. The molecule has 59 heavy (non-hydrogen) atoms. The Morgan fingerprint density at radius 2 is 0.458 bits per heavy atom. The van der Waals surface area contributed by atoms with Gasteiger partial charge in [0.1, 0.15) is 17.2 Å². The summed E-state index contributed by atoms with van der Waals surface area (Å²) in [6.07, 6.45) is 0. The van der Waals surface area contributed by atoms with Gasteiger partial charge in [-0.3, -0.25) is 0 Å². The Kier molecular flexibility index (Phi) is 10.7. The van der Waals surface area contributed by atoms with Gasteiger partial charge in [0.05, 0.1) is 0 Å². The fourth-order valence-electron chi connectivity index (χ4n) is 7.21. The standard InChI is InChI=1S/C54H39O4P/c55-59(56-52-34-31-46(40-19-7-1-8-20-40)37-49(52)43-25-13-4-14-26-43,57-53-35-32-47(41-21-9-2-10-22-41)38-50(53)44-27-15-5-16-28-44)58-54-36-33-48(42-23-11-3-12-24-42)39-51(54)45-29-17-6-18-30-45/h1-39H. The molecular weight excluding hydrogens is 744 g/mol. The Morgan fingerprint density at radius 3 is 0.695 bits per heavy atom. The lowest BCUT2D eigenvalue weighted by Crippen LogP contribution is -2.09. The SMILES string of the molecule is O=P(Oc1ccc(-c2ccccc2)cc1-c1ccccc1)(Oc1ccc(-c2ccccc2)cc1-c1ccccc1)Oc1ccc(-c2ccccc2)cc1-c1ccccc1. The van der Waals surface area contributed by atoms with Crippen molar-refractivity contribution in [3.63, 3.8) is 0 Å². The molecule has 9 aromatic rings. The van der Waals surface area contributed by atoms with Gasteiger partial charge in [-0.25, -0.2) is 0 Å². The summed E-state index contributed by atoms with van der Waals surface area (Å²) in [4.78, 5) is 0. The molecule has 0 bridgehead atoms. The van der Waals surface area contributed by atoms with E-state index in [1.807, 2.05) is 182 Å². The highest BCUT2D eigenvalue weighted by molar-refractivity contribution is 7.49. The van der Waals surface area contributed by atoms with E-state index in [0.717, 1.165) is 66.8 Å². The van der Waals surface area contributed by atoms with Gasteiger partial charge in [-0.1, -0.05) is 200 Å². The van der Waals surface area contributed by atoms with Crippen molar-refractivity contribution in [2.24, 2.45) is 0 Å². The van der Waals surface area contributed by atoms with Crippen molar-refractivity contribution < 1.29 is 18.1 Å². The normalized spacial score (nSPS) is 11.1. The van der Waals surface area contributed by atoms with Gasteiger partial charge in [-0.05, 0) is 86.5 Å². The Morgan fingerprint density at radius 1 is 0.237 bits per heavy atom. The highest BCUT2D eigenvalue weighted by Crippen LogP contribution is 2.55. The molecule has 0 atom stereocenters. The summed E-state index contributed by atoms with van der Waals surface area (Å²) in [5.74, 6) is 1.05. The number of benzene rings is 9. The maximum Gasteiger partial charge on any atom is 0.647 e. The molecule has 0 saturated carbocycles. The van der Waals surface area contributed by atoms with E-state index in [1.54, 1.807) is 0 Å². The average Bonchev–Trinajstić information content (AvgIpc) is 3.31. The quantitative estimate of drug-likeness (QED) is 0.116. The monoisotopic (exact) mass is 782 g/mol. The molecule has 0 N–H and O–H groups in total. The lowest BCUT2D eigenvalue weighted by Gasteiger charge is -2.24. The van der Waals surface area contributed by atoms with Crippen molar-refractivity contribution in [2.75, 3.05) is 0 Å². The van der Waals surface area contributed by atoms with Crippen molar-refractivity contribution in [2.45, 2.75) is 0 Å². The van der Waals surface area contributed by atoms with Crippen LogP contribution in [0, 0.1) is 0 Å². The van der Waals surface area contributed by atoms with Gasteiger partial charge < -0.3 is 13.6 Å². The number of rotatable bonds is 12. The molecule has 0 spiro atoms. The molecular formula is C54H39O4P. The second kappa shape index (κ2) is 17.0. The molecule has 0 radical (unpaired) electrons. The molecule has 9 rings (SSSR count). The first-order valence-corrected chi connectivity index (χ1v) is 21.0. The smallest absolute Gasteiger partial charge is 0.385 e. The molecule has 0 amide bonds. The maximum absolute atomic E-state index is 15.9. The number of phosphoric acid groups is 1. The zero-order chi connectivity index (χ0) is 39.9. The first-order valence-electron chi connectivity index (χ1n) is 19.5. The summed E-state index contributed by atoms with van der Waals surface area (Å²) in [7, 11) is -4.59. The van der Waals surface area contributed by atoms with Crippen molar-refractivity contribution >= 4 is 7.82 Å². The van der Waals surface area contributed by atoms with Crippen LogP contribution in [0.4, 0.5) is 0 Å². The van der Waals surface area contributed by atoms with Gasteiger partial charge in [0.25, 0.3) is 0 Å². The molecule has 0 saturated heterocycles. The van der Waals surface area contributed by atoms with Crippen LogP contribution in [0.5, 0.6) is 17.2 Å². The van der Waals surface area contributed by atoms with E-state index in [4.69, 9.17) is 13.6 Å². The van der Waals surface area contributed by atoms with Crippen LogP contribution >= 0.6 is 7.82 Å². The zero-order valence-electron chi connectivity index (χ0n) is 32.1. The van der Waals surface area contributed by atoms with E-state index in [2.05, 4.69) is 54.6 Å². The minimum Gasteiger partial charge on any atom is -0.385 e. The maximum atomic E-state index is 15.9. The molecule has 9 aromatic carbocycles. The van der Waals surface area contributed by atoms with E-state index in [1.165, 1.54) is 0 Å². The van der Waals surface area contributed by atoms with Crippen LogP contribution in [0.1, 0.15) is 0 Å². The van der Waals surface area contributed by atoms with Gasteiger partial charge in [0.15, 0.2) is 0 Å². The number of phosphoric ester groups is 1. The molecule has 0 aliphatic carbocycles. The van der Waals surface area contributed by atoms with Gasteiger partial charge in [0.2, 0.25) is 0 Å². The minimum atomic E-state index is -4.59. The predicted molar refractivity (Wildman–Crippen MR) is 241 cm³/mol. The lowest BCUT2D eigenvalue weighted by molar-refractivity contribution is 0.299. The summed E-state index contributed by atoms with van der Waals surface area (Å²) in [5, 5.41) is 0. The fraction of sp³-hybridized carbons (Fsp3) is 0. The molecule has 0 aromatic heterocycles. The minimum absolute atomic E-state index is 0.351. The molecule has 284 valence electrons. The topological polar surface area (TPSA) is 44.8 Å². The summed E-state index contributed by atoms with van der Waals surface area (Å²) in [6, 6.07) is 77.9. The number of hydrogen-bond acceptors (Lipinski definition) is 4. The number of hydrogen-bond donors (Lipinski definition) is 0. The predicted octanol–water partition coefficient (Wildman–Crippen LogP) is 15.3. The van der Waals surface area contributed by atoms with Crippen LogP contribution in [0.15, 0.2) is 237 Å². The third-order valence-corrected chi connectivity index (χ3v) is 11.4. The lowest BCUT2D eigenvalue weighted by atomic mass is 9.98. The Hall–Kier alpha value is -7.39. The summed E-state index contributed by atoms with van der Waals surface area (Å²) in [5.41, 5.74) is 11.0. The van der Waals surface area contributed by atoms with Crippen LogP contribution in [0.2, 0.25) is 0 Å². The van der Waals surface area contributed by atoms with E-state index in [-0.39, 0.29) is 0 Å². The van der Waals surface area contributed by atoms with E-state index < -0.39 is 7.82 Å². The van der Waals surface area contributed by atoms with Crippen LogP contribution < -0.4 is 13.6 Å². The molecule has 4 nitrogen and oxygen atoms in total. The first-order chi connectivity index (χ1) is 29.1. The van der Waals surface area contributed by atoms with E-state index in [0.29, 0.717) is 17.2 Å².